The van der Waals surface area contributed by atoms with E-state index in [0.29, 0.717) is 44.6 Å². The number of aryl methyl sites for hydroxylation is 1. The van der Waals surface area contributed by atoms with Gasteiger partial charge in [0.15, 0.2) is 5.78 Å². The van der Waals surface area contributed by atoms with Crippen LogP contribution in [0, 0.1) is 5.82 Å². The summed E-state index contributed by atoms with van der Waals surface area (Å²) in [4.78, 5) is 15.1. The number of carbonyl (C=O) groups excluding carboxylic acids is 1. The molecule has 8 nitrogen and oxygen atoms in total. The van der Waals surface area contributed by atoms with Crippen LogP contribution in [0.2, 0.25) is 5.02 Å². The minimum Gasteiger partial charge on any atom is -0.295 e. The van der Waals surface area contributed by atoms with Crippen molar-refractivity contribution in [3.63, 3.8) is 0 Å². The van der Waals surface area contributed by atoms with Crippen molar-refractivity contribution in [2.45, 2.75) is 49.1 Å². The maximum Gasteiger partial charge on any atom is 0.264 e. The average molecular weight is 484 g/mol. The Kier molecular flexibility index (Phi) is 6.67. The fraction of sp³-hybridized carbons (Fsp3) is 0.571. The van der Waals surface area contributed by atoms with Crippen molar-refractivity contribution in [3.05, 3.63) is 40.8 Å². The zero-order chi connectivity index (χ0) is 22.9. The number of sulfonamides is 1. The van der Waals surface area contributed by atoms with Crippen LogP contribution in [-0.4, -0.2) is 70.1 Å². The van der Waals surface area contributed by atoms with Crippen molar-refractivity contribution in [1.82, 2.24) is 24.2 Å². The Hall–Kier alpha value is -1.88. The third-order valence-electron chi connectivity index (χ3n) is 6.68. The second-order valence-corrected chi connectivity index (χ2v) is 10.9. The first-order valence-electron chi connectivity index (χ1n) is 10.8. The van der Waals surface area contributed by atoms with Crippen LogP contribution in [0.5, 0.6) is 0 Å². The van der Waals surface area contributed by atoms with Crippen LogP contribution in [-0.2, 0) is 17.1 Å². The fourth-order valence-corrected chi connectivity index (χ4v) is 6.54. The molecule has 2 aromatic rings. The fourth-order valence-electron chi connectivity index (χ4n) is 4.93. The SMILES string of the molecule is Cn1cc(S(=O)(=O)N2CCN(C3(CCC(=O)c4ccc(F)cc4Cl)CCCC3)CC2)nn1. The molecule has 1 aromatic carbocycles. The number of benzene rings is 1. The van der Waals surface area contributed by atoms with Crippen molar-refractivity contribution >= 4 is 27.4 Å². The molecule has 1 aromatic heterocycles. The zero-order valence-electron chi connectivity index (χ0n) is 18.0. The third kappa shape index (κ3) is 4.59. The molecular weight excluding hydrogens is 457 g/mol. The van der Waals surface area contributed by atoms with Gasteiger partial charge in [0.05, 0.1) is 11.2 Å². The lowest BCUT2D eigenvalue weighted by Gasteiger charge is -2.45. The first-order chi connectivity index (χ1) is 15.2. The number of hydrogen-bond acceptors (Lipinski definition) is 6. The van der Waals surface area contributed by atoms with Crippen molar-refractivity contribution in [3.8, 4) is 0 Å². The lowest BCUT2D eigenvalue weighted by molar-refractivity contribution is 0.0476. The molecule has 1 aliphatic carbocycles. The first-order valence-corrected chi connectivity index (χ1v) is 12.6. The van der Waals surface area contributed by atoms with Crippen LogP contribution in [0.25, 0.3) is 0 Å². The van der Waals surface area contributed by atoms with Gasteiger partial charge in [-0.15, -0.1) is 5.10 Å². The lowest BCUT2D eigenvalue weighted by atomic mass is 9.87. The summed E-state index contributed by atoms with van der Waals surface area (Å²) in [5.41, 5.74) is 0.228. The van der Waals surface area contributed by atoms with Crippen molar-refractivity contribution < 1.29 is 17.6 Å². The molecule has 0 bridgehead atoms. The molecule has 2 aliphatic rings. The predicted octanol–water partition coefficient (Wildman–Crippen LogP) is 2.89. The Morgan fingerprint density at radius 2 is 1.88 bits per heavy atom. The molecule has 0 radical (unpaired) electrons. The molecule has 2 fully saturated rings. The van der Waals surface area contributed by atoms with E-state index in [2.05, 4.69) is 15.2 Å². The highest BCUT2D eigenvalue weighted by Crippen LogP contribution is 2.40. The van der Waals surface area contributed by atoms with Gasteiger partial charge in [0.25, 0.3) is 10.0 Å². The van der Waals surface area contributed by atoms with Crippen LogP contribution in [0.4, 0.5) is 4.39 Å². The van der Waals surface area contributed by atoms with E-state index in [4.69, 9.17) is 11.6 Å². The lowest BCUT2D eigenvalue weighted by Crippen LogP contribution is -2.57. The molecule has 0 N–H and O–H groups in total. The summed E-state index contributed by atoms with van der Waals surface area (Å²) in [6, 6.07) is 3.86. The van der Waals surface area contributed by atoms with Crippen LogP contribution in [0.1, 0.15) is 48.9 Å². The molecule has 174 valence electrons. The number of aromatic nitrogens is 3. The Morgan fingerprint density at radius 1 is 1.19 bits per heavy atom. The van der Waals surface area contributed by atoms with Gasteiger partial charge in [-0.3, -0.25) is 14.4 Å². The Morgan fingerprint density at radius 3 is 2.47 bits per heavy atom. The van der Waals surface area contributed by atoms with Gasteiger partial charge in [0, 0.05) is 50.7 Å². The van der Waals surface area contributed by atoms with Gasteiger partial charge in [-0.1, -0.05) is 29.7 Å². The van der Waals surface area contributed by atoms with E-state index in [1.807, 2.05) is 0 Å². The summed E-state index contributed by atoms with van der Waals surface area (Å²) in [7, 11) is -2.03. The van der Waals surface area contributed by atoms with E-state index >= 15 is 0 Å². The monoisotopic (exact) mass is 483 g/mol. The molecule has 32 heavy (non-hydrogen) atoms. The van der Waals surface area contributed by atoms with Crippen LogP contribution < -0.4 is 0 Å². The topological polar surface area (TPSA) is 88.4 Å². The van der Waals surface area contributed by atoms with E-state index in [9.17, 15) is 17.6 Å². The number of rotatable bonds is 7. The molecule has 1 aliphatic heterocycles. The van der Waals surface area contributed by atoms with Crippen LogP contribution in [0.15, 0.2) is 29.4 Å². The molecule has 1 saturated heterocycles. The van der Waals surface area contributed by atoms with Gasteiger partial charge >= 0.3 is 0 Å². The molecule has 11 heteroatoms. The van der Waals surface area contributed by atoms with Gasteiger partial charge in [-0.05, 0) is 37.5 Å². The van der Waals surface area contributed by atoms with Gasteiger partial charge in [0.2, 0.25) is 5.03 Å². The molecule has 0 atom stereocenters. The van der Waals surface area contributed by atoms with Crippen LogP contribution >= 0.6 is 11.6 Å². The standard InChI is InChI=1S/C21H27ClFN5O3S/c1-26-15-20(24-25-26)32(30,31)28-12-10-27(11-13-28)21(7-2-3-8-21)9-6-19(29)17-5-4-16(23)14-18(17)22/h4-5,14-15H,2-3,6-13H2,1H3. The molecule has 1 saturated carbocycles. The Balaban J connectivity index is 1.41. The number of ketones is 1. The highest BCUT2D eigenvalue weighted by Gasteiger charge is 2.42. The summed E-state index contributed by atoms with van der Waals surface area (Å²) < 4.78 is 41.8. The summed E-state index contributed by atoms with van der Waals surface area (Å²) in [5, 5.41) is 7.59. The normalized spacial score (nSPS) is 20.0. The summed E-state index contributed by atoms with van der Waals surface area (Å²) in [5.74, 6) is -0.557. The van der Waals surface area contributed by atoms with Gasteiger partial charge in [-0.25, -0.2) is 12.8 Å². The van der Waals surface area contributed by atoms with E-state index in [1.165, 1.54) is 27.3 Å². The number of piperazine rings is 1. The highest BCUT2D eigenvalue weighted by atomic mass is 35.5. The van der Waals surface area contributed by atoms with Gasteiger partial charge in [0.1, 0.15) is 5.82 Å². The summed E-state index contributed by atoms with van der Waals surface area (Å²) in [6.45, 7) is 1.95. The van der Waals surface area contributed by atoms with Crippen molar-refractivity contribution in [1.29, 1.82) is 0 Å². The second kappa shape index (κ2) is 9.17. The molecule has 0 spiro atoms. The maximum atomic E-state index is 13.3. The van der Waals surface area contributed by atoms with E-state index in [0.717, 1.165) is 31.7 Å². The molecular formula is C21H27ClFN5O3S. The van der Waals surface area contributed by atoms with E-state index in [1.54, 1.807) is 7.05 Å². The number of carbonyl (C=O) groups is 1. The number of halogens is 2. The average Bonchev–Trinajstić information content (AvgIpc) is 3.42. The predicted molar refractivity (Wildman–Crippen MR) is 118 cm³/mol. The minimum atomic E-state index is -3.67. The third-order valence-corrected chi connectivity index (χ3v) is 8.75. The smallest absolute Gasteiger partial charge is 0.264 e. The minimum absolute atomic E-state index is 0.0363. The molecule has 4 rings (SSSR count). The first kappa shape index (κ1) is 23.3. The van der Waals surface area contributed by atoms with E-state index in [-0.39, 0.29) is 21.4 Å². The van der Waals surface area contributed by atoms with Crippen molar-refractivity contribution in [2.24, 2.45) is 7.05 Å². The number of hydrogen-bond donors (Lipinski definition) is 0. The zero-order valence-corrected chi connectivity index (χ0v) is 19.6. The van der Waals surface area contributed by atoms with E-state index < -0.39 is 15.8 Å². The maximum absolute atomic E-state index is 13.3. The largest absolute Gasteiger partial charge is 0.295 e. The summed E-state index contributed by atoms with van der Waals surface area (Å²) in [6.07, 6.45) is 6.54. The molecule has 0 amide bonds. The summed E-state index contributed by atoms with van der Waals surface area (Å²) >= 11 is 6.07. The van der Waals surface area contributed by atoms with Gasteiger partial charge in [-0.2, -0.15) is 4.31 Å². The Labute approximate surface area is 192 Å². The second-order valence-electron chi connectivity index (χ2n) is 8.60. The molecule has 0 unspecified atom stereocenters. The molecule has 2 heterocycles. The van der Waals surface area contributed by atoms with Gasteiger partial charge < -0.3 is 0 Å². The van der Waals surface area contributed by atoms with Crippen LogP contribution in [0.3, 0.4) is 0 Å². The Bertz CT molecular complexity index is 1090. The quantitative estimate of drug-likeness (QED) is 0.563. The number of nitrogens with zero attached hydrogens (tertiary/aromatic N) is 5. The van der Waals surface area contributed by atoms with Crippen molar-refractivity contribution in [2.75, 3.05) is 26.2 Å². The number of Topliss-reactive ketones (excluding diaryl/α,β-unsaturated/α-hetero) is 1. The highest BCUT2D eigenvalue weighted by molar-refractivity contribution is 7.89.